The van der Waals surface area contributed by atoms with Crippen molar-refractivity contribution >= 4 is 46.4 Å². The van der Waals surface area contributed by atoms with Crippen LogP contribution in [0.15, 0.2) is 42.5 Å². The zero-order valence-corrected chi connectivity index (χ0v) is 15.0. The van der Waals surface area contributed by atoms with Gasteiger partial charge in [-0.05, 0) is 36.2 Å². The maximum Gasteiger partial charge on any atom is 0.244 e. The first-order chi connectivity index (χ1) is 11.4. The number of rotatable bonds is 5. The van der Waals surface area contributed by atoms with Crippen LogP contribution in [0.2, 0.25) is 10.0 Å². The number of nitrogens with one attached hydrogen (secondary N) is 1. The summed E-state index contributed by atoms with van der Waals surface area (Å²) in [6.45, 7) is 3.37. The lowest BCUT2D eigenvalue weighted by Crippen LogP contribution is -2.36. The number of aryl methyl sites for hydroxylation is 1. The summed E-state index contributed by atoms with van der Waals surface area (Å²) in [5.74, 6) is -0.569. The Kier molecular flexibility index (Phi) is 6.23. The first kappa shape index (κ1) is 18.3. The molecule has 0 atom stereocenters. The number of nitrogens with zero attached hydrogens (tertiary/aromatic N) is 1. The smallest absolute Gasteiger partial charge is 0.244 e. The van der Waals surface area contributed by atoms with Crippen molar-refractivity contribution in [1.82, 2.24) is 0 Å². The Hall–Kier alpha value is -2.04. The Balaban J connectivity index is 2.13. The van der Waals surface area contributed by atoms with Crippen molar-refractivity contribution in [2.45, 2.75) is 20.3 Å². The quantitative estimate of drug-likeness (QED) is 0.845. The second kappa shape index (κ2) is 8.18. The van der Waals surface area contributed by atoms with Crippen LogP contribution in [-0.2, 0) is 16.0 Å². The summed E-state index contributed by atoms with van der Waals surface area (Å²) in [6.07, 6.45) is 0.911. The van der Waals surface area contributed by atoms with Crippen molar-refractivity contribution < 1.29 is 9.59 Å². The van der Waals surface area contributed by atoms with Crippen LogP contribution in [0.1, 0.15) is 19.4 Å². The number of hydrogen-bond donors (Lipinski definition) is 1. The van der Waals surface area contributed by atoms with E-state index in [2.05, 4.69) is 12.2 Å². The van der Waals surface area contributed by atoms with Crippen LogP contribution in [0.5, 0.6) is 0 Å². The predicted octanol–water partition coefficient (Wildman–Crippen LogP) is 4.55. The number of hydrogen-bond acceptors (Lipinski definition) is 2. The van der Waals surface area contributed by atoms with Crippen LogP contribution in [-0.4, -0.2) is 18.4 Å². The molecule has 0 saturated carbocycles. The molecular weight excluding hydrogens is 347 g/mol. The number of anilines is 2. The van der Waals surface area contributed by atoms with E-state index in [9.17, 15) is 9.59 Å². The van der Waals surface area contributed by atoms with Gasteiger partial charge in [0.05, 0.1) is 15.7 Å². The highest BCUT2D eigenvalue weighted by molar-refractivity contribution is 6.44. The zero-order chi connectivity index (χ0) is 17.7. The lowest BCUT2D eigenvalue weighted by atomic mass is 10.1. The minimum absolute atomic E-state index is 0.107. The van der Waals surface area contributed by atoms with Gasteiger partial charge in [0.25, 0.3) is 0 Å². The van der Waals surface area contributed by atoms with Crippen molar-refractivity contribution in [2.24, 2.45) is 0 Å². The van der Waals surface area contributed by atoms with E-state index in [1.807, 2.05) is 24.3 Å². The van der Waals surface area contributed by atoms with Crippen molar-refractivity contribution in [2.75, 3.05) is 16.8 Å². The fourth-order valence-electron chi connectivity index (χ4n) is 2.23. The van der Waals surface area contributed by atoms with E-state index < -0.39 is 0 Å². The Labute approximate surface area is 151 Å². The zero-order valence-electron chi connectivity index (χ0n) is 13.5. The molecule has 4 nitrogen and oxygen atoms in total. The van der Waals surface area contributed by atoms with Crippen molar-refractivity contribution in [3.63, 3.8) is 0 Å². The van der Waals surface area contributed by atoms with E-state index in [0.29, 0.717) is 16.4 Å². The van der Waals surface area contributed by atoms with Crippen LogP contribution in [0.3, 0.4) is 0 Å². The Morgan fingerprint density at radius 3 is 2.33 bits per heavy atom. The van der Waals surface area contributed by atoms with E-state index in [1.54, 1.807) is 18.2 Å². The van der Waals surface area contributed by atoms with Crippen molar-refractivity contribution in [3.8, 4) is 0 Å². The SMILES string of the molecule is CCc1ccc(N(CC(=O)Nc2cccc(Cl)c2Cl)C(C)=O)cc1. The summed E-state index contributed by atoms with van der Waals surface area (Å²) in [5, 5.41) is 3.31. The molecule has 6 heteroatoms. The summed E-state index contributed by atoms with van der Waals surface area (Å²) in [7, 11) is 0. The highest BCUT2D eigenvalue weighted by atomic mass is 35.5. The molecule has 0 aliphatic rings. The summed E-state index contributed by atoms with van der Waals surface area (Å²) >= 11 is 12.0. The molecule has 2 amide bonds. The van der Waals surface area contributed by atoms with Crippen LogP contribution in [0.4, 0.5) is 11.4 Å². The van der Waals surface area contributed by atoms with Gasteiger partial charge in [0.2, 0.25) is 11.8 Å². The van der Waals surface area contributed by atoms with E-state index >= 15 is 0 Å². The topological polar surface area (TPSA) is 49.4 Å². The van der Waals surface area contributed by atoms with Crippen molar-refractivity contribution in [1.29, 1.82) is 0 Å². The predicted molar refractivity (Wildman–Crippen MR) is 98.9 cm³/mol. The molecule has 0 aromatic heterocycles. The molecule has 0 radical (unpaired) electrons. The van der Waals surface area contributed by atoms with Gasteiger partial charge >= 0.3 is 0 Å². The molecule has 2 rings (SSSR count). The van der Waals surface area contributed by atoms with Gasteiger partial charge < -0.3 is 10.2 Å². The van der Waals surface area contributed by atoms with E-state index in [4.69, 9.17) is 23.2 Å². The maximum absolute atomic E-state index is 12.3. The standard InChI is InChI=1S/C18H18Cl2N2O2/c1-3-13-7-9-14(10-8-13)22(12(2)23)11-17(24)21-16-6-4-5-15(19)18(16)20/h4-10H,3,11H2,1-2H3,(H,21,24). The molecule has 0 aliphatic carbocycles. The fraction of sp³-hybridized carbons (Fsp3) is 0.222. The highest BCUT2D eigenvalue weighted by Crippen LogP contribution is 2.29. The van der Waals surface area contributed by atoms with Crippen LogP contribution >= 0.6 is 23.2 Å². The highest BCUT2D eigenvalue weighted by Gasteiger charge is 2.17. The monoisotopic (exact) mass is 364 g/mol. The van der Waals surface area contributed by atoms with E-state index in [1.165, 1.54) is 11.8 Å². The second-order valence-corrected chi connectivity index (χ2v) is 6.06. The van der Waals surface area contributed by atoms with Crippen LogP contribution < -0.4 is 10.2 Å². The lowest BCUT2D eigenvalue weighted by molar-refractivity contribution is -0.120. The molecule has 0 bridgehead atoms. The molecule has 0 spiro atoms. The minimum Gasteiger partial charge on any atom is -0.323 e. The second-order valence-electron chi connectivity index (χ2n) is 5.27. The maximum atomic E-state index is 12.3. The number of halogens is 2. The van der Waals surface area contributed by atoms with Gasteiger partial charge in [-0.1, -0.05) is 48.3 Å². The molecule has 2 aromatic carbocycles. The summed E-state index contributed by atoms with van der Waals surface area (Å²) in [4.78, 5) is 25.6. The fourth-order valence-corrected chi connectivity index (χ4v) is 2.58. The van der Waals surface area contributed by atoms with Gasteiger partial charge in [-0.25, -0.2) is 0 Å². The summed E-state index contributed by atoms with van der Waals surface area (Å²) < 4.78 is 0. The Morgan fingerprint density at radius 1 is 1.08 bits per heavy atom. The molecular formula is C18H18Cl2N2O2. The molecule has 0 saturated heterocycles. The number of amides is 2. The third-order valence-electron chi connectivity index (χ3n) is 3.56. The summed E-state index contributed by atoms with van der Waals surface area (Å²) in [6, 6.07) is 12.5. The molecule has 0 heterocycles. The normalized spacial score (nSPS) is 10.3. The average Bonchev–Trinajstić information content (AvgIpc) is 2.57. The molecule has 0 fully saturated rings. The molecule has 2 aromatic rings. The Bertz CT molecular complexity index is 745. The van der Waals surface area contributed by atoms with E-state index in [-0.39, 0.29) is 23.4 Å². The van der Waals surface area contributed by atoms with Crippen molar-refractivity contribution in [3.05, 3.63) is 58.1 Å². The van der Waals surface area contributed by atoms with Gasteiger partial charge in [0.15, 0.2) is 0 Å². The molecule has 1 N–H and O–H groups in total. The summed E-state index contributed by atoms with van der Waals surface area (Å²) in [5.41, 5.74) is 2.25. The van der Waals surface area contributed by atoms with Gasteiger partial charge in [0, 0.05) is 12.6 Å². The van der Waals surface area contributed by atoms with Gasteiger partial charge in [-0.2, -0.15) is 0 Å². The lowest BCUT2D eigenvalue weighted by Gasteiger charge is -2.21. The largest absolute Gasteiger partial charge is 0.323 e. The third kappa shape index (κ3) is 4.49. The van der Waals surface area contributed by atoms with Gasteiger partial charge in [-0.15, -0.1) is 0 Å². The first-order valence-electron chi connectivity index (χ1n) is 7.53. The van der Waals surface area contributed by atoms with E-state index in [0.717, 1.165) is 12.0 Å². The third-order valence-corrected chi connectivity index (χ3v) is 4.38. The molecule has 0 aliphatic heterocycles. The number of benzene rings is 2. The number of carbonyl (C=O) groups is 2. The molecule has 0 unspecified atom stereocenters. The first-order valence-corrected chi connectivity index (χ1v) is 8.29. The molecule has 126 valence electrons. The minimum atomic E-state index is -0.353. The average molecular weight is 365 g/mol. The van der Waals surface area contributed by atoms with Crippen LogP contribution in [0.25, 0.3) is 0 Å². The van der Waals surface area contributed by atoms with Gasteiger partial charge in [0.1, 0.15) is 6.54 Å². The number of carbonyl (C=O) groups excluding carboxylic acids is 2. The van der Waals surface area contributed by atoms with Crippen LogP contribution in [0, 0.1) is 0 Å². The van der Waals surface area contributed by atoms with Gasteiger partial charge in [-0.3, -0.25) is 9.59 Å². The molecule has 24 heavy (non-hydrogen) atoms. The Morgan fingerprint density at radius 2 is 1.75 bits per heavy atom.